The summed E-state index contributed by atoms with van der Waals surface area (Å²) in [5.41, 5.74) is 6.88. The zero-order valence-corrected chi connectivity index (χ0v) is 16.1. The number of carbonyl (C=O) groups is 1. The molecule has 4 N–H and O–H groups in total. The van der Waals surface area contributed by atoms with Crippen molar-refractivity contribution in [1.82, 2.24) is 9.78 Å². The third-order valence-electron chi connectivity index (χ3n) is 5.17. The van der Waals surface area contributed by atoms with Gasteiger partial charge in [0.2, 0.25) is 0 Å². The smallest absolute Gasteiger partial charge is 0.530 e. The van der Waals surface area contributed by atoms with E-state index in [1.165, 1.54) is 16.9 Å². The van der Waals surface area contributed by atoms with Crippen LogP contribution in [0.5, 0.6) is 5.75 Å². The number of carbonyl (C=O) groups excluding carboxylic acids is 1. The summed E-state index contributed by atoms with van der Waals surface area (Å²) in [5, 5.41) is 26.4. The standard InChI is InChI=1S/C19H19BFN5O4/c1-10-4-12-5-13(6-15(21)17(12)30-20(10)28)24-19-14(18(23)27)8-26(25-19)16-9-29-3-2-11(16)7-22/h4-6,8,11,16,28H,2-3,9H2,1H3,(H2,23,27)(H,24,25)/t11?,16-/m0/s1. The molecule has 154 valence electrons. The Labute approximate surface area is 172 Å². The highest BCUT2D eigenvalue weighted by molar-refractivity contribution is 6.54. The highest BCUT2D eigenvalue weighted by Crippen LogP contribution is 2.35. The summed E-state index contributed by atoms with van der Waals surface area (Å²) in [7, 11) is -1.20. The van der Waals surface area contributed by atoms with Gasteiger partial charge in [-0.15, -0.1) is 0 Å². The first-order chi connectivity index (χ1) is 14.4. The molecule has 1 amide bonds. The number of primary amides is 1. The fourth-order valence-corrected chi connectivity index (χ4v) is 3.54. The second kappa shape index (κ2) is 7.81. The molecule has 30 heavy (non-hydrogen) atoms. The molecule has 1 saturated heterocycles. The topological polar surface area (TPSA) is 135 Å². The predicted octanol–water partition coefficient (Wildman–Crippen LogP) is 1.78. The minimum absolute atomic E-state index is 0.0597. The van der Waals surface area contributed by atoms with Crippen LogP contribution in [0.2, 0.25) is 0 Å². The van der Waals surface area contributed by atoms with E-state index in [9.17, 15) is 19.5 Å². The van der Waals surface area contributed by atoms with Crippen LogP contribution in [0.3, 0.4) is 0 Å². The van der Waals surface area contributed by atoms with Crippen molar-refractivity contribution >= 4 is 30.6 Å². The molecule has 9 nitrogen and oxygen atoms in total. The van der Waals surface area contributed by atoms with Gasteiger partial charge in [0.25, 0.3) is 5.91 Å². The highest BCUT2D eigenvalue weighted by Gasteiger charge is 2.30. The molecule has 0 radical (unpaired) electrons. The Kier molecular flexibility index (Phi) is 5.19. The van der Waals surface area contributed by atoms with Crippen molar-refractivity contribution in [2.24, 2.45) is 11.7 Å². The molecule has 4 rings (SSSR count). The number of halogens is 1. The van der Waals surface area contributed by atoms with Crippen molar-refractivity contribution < 1.29 is 23.6 Å². The van der Waals surface area contributed by atoms with Crippen LogP contribution in [0, 0.1) is 23.1 Å². The largest absolute Gasteiger partial charge is 0.555 e. The van der Waals surface area contributed by atoms with E-state index in [1.807, 2.05) is 0 Å². The summed E-state index contributed by atoms with van der Waals surface area (Å²) in [6, 6.07) is 4.66. The highest BCUT2D eigenvalue weighted by atomic mass is 19.1. The summed E-state index contributed by atoms with van der Waals surface area (Å²) in [4.78, 5) is 11.9. The molecule has 0 saturated carbocycles. The molecule has 2 atom stereocenters. The number of benzene rings is 1. The maximum atomic E-state index is 14.5. The van der Waals surface area contributed by atoms with E-state index in [0.29, 0.717) is 29.8 Å². The number of nitrogens with one attached hydrogen (secondary N) is 1. The molecule has 0 aliphatic carbocycles. The zero-order valence-electron chi connectivity index (χ0n) is 16.1. The van der Waals surface area contributed by atoms with Crippen molar-refractivity contribution in [2.45, 2.75) is 19.4 Å². The average Bonchev–Trinajstić information content (AvgIpc) is 3.13. The molecule has 3 heterocycles. The normalized spacial score (nSPS) is 20.6. The number of rotatable bonds is 4. The van der Waals surface area contributed by atoms with Crippen molar-refractivity contribution in [3.05, 3.63) is 40.7 Å². The van der Waals surface area contributed by atoms with Crippen LogP contribution in [-0.4, -0.2) is 41.0 Å². The van der Waals surface area contributed by atoms with Crippen molar-refractivity contribution in [3.8, 4) is 11.8 Å². The van der Waals surface area contributed by atoms with E-state index < -0.39 is 18.8 Å². The van der Waals surface area contributed by atoms with E-state index in [4.69, 9.17) is 15.1 Å². The minimum atomic E-state index is -1.20. The first-order valence-electron chi connectivity index (χ1n) is 9.37. The van der Waals surface area contributed by atoms with Gasteiger partial charge < -0.3 is 25.5 Å². The number of nitrogens with zero attached hydrogens (tertiary/aromatic N) is 3. The summed E-state index contributed by atoms with van der Waals surface area (Å²) >= 11 is 0. The Morgan fingerprint density at radius 1 is 1.53 bits per heavy atom. The number of fused-ring (bicyclic) bond motifs is 1. The van der Waals surface area contributed by atoms with Crippen LogP contribution in [0.25, 0.3) is 6.08 Å². The summed E-state index contributed by atoms with van der Waals surface area (Å²) in [6.07, 6.45) is 3.64. The molecule has 11 heteroatoms. The Morgan fingerprint density at radius 2 is 2.33 bits per heavy atom. The Balaban J connectivity index is 1.68. The van der Waals surface area contributed by atoms with Crippen LogP contribution in [0.1, 0.15) is 35.3 Å². The second-order valence-corrected chi connectivity index (χ2v) is 7.26. The van der Waals surface area contributed by atoms with Gasteiger partial charge in [0, 0.05) is 30.1 Å². The molecular formula is C19H19BFN5O4. The number of hydrogen-bond acceptors (Lipinski definition) is 7. The Morgan fingerprint density at radius 3 is 3.07 bits per heavy atom. The van der Waals surface area contributed by atoms with Crippen LogP contribution in [0.15, 0.2) is 23.8 Å². The fourth-order valence-electron chi connectivity index (χ4n) is 3.54. The Bertz CT molecular complexity index is 1080. The number of allylic oxidation sites excluding steroid dienone is 1. The van der Waals surface area contributed by atoms with Crippen LogP contribution < -0.4 is 15.7 Å². The summed E-state index contributed by atoms with van der Waals surface area (Å²) < 4.78 is 26.7. The lowest BCUT2D eigenvalue weighted by molar-refractivity contribution is 0.0342. The fraction of sp³-hybridized carbons (Fsp3) is 0.316. The van der Waals surface area contributed by atoms with Gasteiger partial charge >= 0.3 is 7.12 Å². The molecule has 2 aromatic rings. The van der Waals surface area contributed by atoms with E-state index >= 15 is 0 Å². The van der Waals surface area contributed by atoms with Gasteiger partial charge in [-0.1, -0.05) is 6.08 Å². The van der Waals surface area contributed by atoms with Gasteiger partial charge in [0.15, 0.2) is 11.6 Å². The number of amides is 1. The number of nitriles is 1. The first kappa shape index (κ1) is 19.9. The molecule has 2 aliphatic heterocycles. The molecule has 2 aliphatic rings. The zero-order chi connectivity index (χ0) is 21.4. The van der Waals surface area contributed by atoms with Gasteiger partial charge in [0.1, 0.15) is 11.3 Å². The predicted molar refractivity (Wildman–Crippen MR) is 106 cm³/mol. The number of nitrogens with two attached hydrogens (primary N) is 1. The molecule has 0 spiro atoms. The van der Waals surface area contributed by atoms with Crippen LogP contribution in [-0.2, 0) is 4.74 Å². The van der Waals surface area contributed by atoms with Gasteiger partial charge in [-0.25, -0.2) is 4.39 Å². The molecule has 0 bridgehead atoms. The number of hydrogen-bond donors (Lipinski definition) is 3. The molecule has 1 unspecified atom stereocenters. The maximum Gasteiger partial charge on any atom is 0.555 e. The lowest BCUT2D eigenvalue weighted by Gasteiger charge is -2.26. The van der Waals surface area contributed by atoms with E-state index in [0.717, 1.165) is 0 Å². The molecular weight excluding hydrogens is 392 g/mol. The third-order valence-corrected chi connectivity index (χ3v) is 5.17. The average molecular weight is 411 g/mol. The van der Waals surface area contributed by atoms with Crippen molar-refractivity contribution in [1.29, 1.82) is 5.26 Å². The number of aromatic nitrogens is 2. The monoisotopic (exact) mass is 411 g/mol. The second-order valence-electron chi connectivity index (χ2n) is 7.26. The van der Waals surface area contributed by atoms with Gasteiger partial charge in [-0.05, 0) is 24.9 Å². The first-order valence-corrected chi connectivity index (χ1v) is 9.37. The maximum absolute atomic E-state index is 14.5. The van der Waals surface area contributed by atoms with Gasteiger partial charge in [-0.2, -0.15) is 10.4 Å². The quantitative estimate of drug-likeness (QED) is 0.653. The van der Waals surface area contributed by atoms with E-state index in [-0.39, 0.29) is 35.7 Å². The lowest BCUT2D eigenvalue weighted by Crippen LogP contribution is -2.29. The van der Waals surface area contributed by atoms with E-state index in [1.54, 1.807) is 19.1 Å². The lowest BCUT2D eigenvalue weighted by atomic mass is 9.76. The molecule has 1 fully saturated rings. The number of anilines is 2. The summed E-state index contributed by atoms with van der Waals surface area (Å²) in [5.74, 6) is -1.63. The van der Waals surface area contributed by atoms with Gasteiger partial charge in [-0.3, -0.25) is 9.48 Å². The van der Waals surface area contributed by atoms with Crippen molar-refractivity contribution in [2.75, 3.05) is 18.5 Å². The molecule has 1 aromatic heterocycles. The van der Waals surface area contributed by atoms with Crippen LogP contribution in [0.4, 0.5) is 15.9 Å². The number of ether oxygens (including phenoxy) is 1. The van der Waals surface area contributed by atoms with Crippen molar-refractivity contribution in [3.63, 3.8) is 0 Å². The molecule has 1 aromatic carbocycles. The summed E-state index contributed by atoms with van der Waals surface area (Å²) in [6.45, 7) is 2.44. The SMILES string of the molecule is CC1=Cc2cc(Nc3nn([C@H]4COCCC4C#N)cc3C(N)=O)cc(F)c2OB1O. The Hall–Kier alpha value is -3.36. The minimum Gasteiger partial charge on any atom is -0.530 e. The van der Waals surface area contributed by atoms with Crippen LogP contribution >= 0.6 is 0 Å². The third kappa shape index (κ3) is 3.63. The van der Waals surface area contributed by atoms with E-state index in [2.05, 4.69) is 16.5 Å². The van der Waals surface area contributed by atoms with Gasteiger partial charge in [0.05, 0.1) is 24.6 Å².